The predicted octanol–water partition coefficient (Wildman–Crippen LogP) is 1.66. The average Bonchev–Trinajstić information content (AvgIpc) is 1.80. The maximum absolute atomic E-state index is 8.77. The first-order chi connectivity index (χ1) is 4.20. The molecule has 0 saturated carbocycles. The third-order valence-corrected chi connectivity index (χ3v) is 1.04. The Bertz CT molecular complexity index is 227. The Labute approximate surface area is 95.0 Å². The number of aromatic hydroxyl groups is 1. The summed E-state index contributed by atoms with van der Waals surface area (Å²) in [6.45, 7) is 0. The van der Waals surface area contributed by atoms with Crippen LogP contribution in [0.2, 0.25) is 0 Å². The van der Waals surface area contributed by atoms with Crippen LogP contribution in [0.15, 0.2) is 18.2 Å². The number of rotatable bonds is 0. The fourth-order valence-corrected chi connectivity index (χ4v) is 0.550. The Kier molecular flexibility index (Phi) is 4.07. The van der Waals surface area contributed by atoms with E-state index in [1.807, 2.05) is 0 Å². The molecule has 0 amide bonds. The van der Waals surface area contributed by atoms with E-state index in [9.17, 15) is 0 Å². The number of hydrogen-bond donors (Lipinski definition) is 2. The average molecular weight is 350 g/mol. The molecule has 0 fully saturated rings. The molecule has 0 unspecified atom stereocenters. The van der Waals surface area contributed by atoms with Gasteiger partial charge in [0.05, 0.1) is 0 Å². The van der Waals surface area contributed by atoms with Crippen LogP contribution in [0.1, 0.15) is 0 Å². The molecule has 0 heterocycles. The van der Waals surface area contributed by atoms with Gasteiger partial charge in [-0.3, -0.25) is 0 Å². The molecular formula is C6H7AcN2O-. The van der Waals surface area contributed by atoms with Crippen LogP contribution >= 0.6 is 0 Å². The molecule has 51 valence electrons. The zero-order valence-electron chi connectivity index (χ0n) is 5.33. The fourth-order valence-electron chi connectivity index (χ4n) is 0.550. The Hall–Kier alpha value is 0.0616. The van der Waals surface area contributed by atoms with Gasteiger partial charge >= 0.3 is 0 Å². The van der Waals surface area contributed by atoms with E-state index in [2.05, 4.69) is 0 Å². The molecule has 1 radical (unpaired) electrons. The van der Waals surface area contributed by atoms with E-state index in [0.717, 1.165) is 0 Å². The number of hydrogen-bond acceptors (Lipinski definition) is 2. The van der Waals surface area contributed by atoms with E-state index in [1.54, 1.807) is 0 Å². The molecule has 4 heteroatoms. The second kappa shape index (κ2) is 4.05. The molecule has 0 bridgehead atoms. The molecule has 4 N–H and O–H groups in total. The van der Waals surface area contributed by atoms with Gasteiger partial charge in [-0.25, -0.2) is 0 Å². The summed E-state index contributed by atoms with van der Waals surface area (Å²) in [6, 6.07) is 4.23. The van der Waals surface area contributed by atoms with Crippen molar-refractivity contribution >= 4 is 11.4 Å². The predicted molar refractivity (Wildman–Crippen MR) is 36.5 cm³/mol. The number of phenols is 1. The molecule has 0 spiro atoms. The van der Waals surface area contributed by atoms with Gasteiger partial charge in [-0.1, -0.05) is 6.07 Å². The Morgan fingerprint density at radius 1 is 1.40 bits per heavy atom. The van der Waals surface area contributed by atoms with Crippen molar-refractivity contribution in [2.45, 2.75) is 0 Å². The van der Waals surface area contributed by atoms with Gasteiger partial charge in [0.2, 0.25) is 0 Å². The number of nitrogens with two attached hydrogens (primary N) is 1. The summed E-state index contributed by atoms with van der Waals surface area (Å²) in [5.74, 6) is 0.100. The number of phenolic OH excluding ortho intramolecular Hbond substituents is 1. The van der Waals surface area contributed by atoms with Crippen molar-refractivity contribution in [3.63, 3.8) is 0 Å². The van der Waals surface area contributed by atoms with Crippen LogP contribution in [-0.4, -0.2) is 5.11 Å². The van der Waals surface area contributed by atoms with Gasteiger partial charge in [0, 0.05) is 55.8 Å². The number of nitrogen functional groups attached to an aromatic ring is 1. The fraction of sp³-hybridized carbons (Fsp3) is 0. The maximum Gasteiger partial charge on any atom is 0.117 e. The molecule has 1 aromatic rings. The third kappa shape index (κ3) is 2.36. The molecular weight excluding hydrogens is 343 g/mol. The molecule has 1 rings (SSSR count). The second-order valence-electron chi connectivity index (χ2n) is 1.77. The van der Waals surface area contributed by atoms with Crippen LogP contribution in [0, 0.1) is 44.1 Å². The van der Waals surface area contributed by atoms with Gasteiger partial charge < -0.3 is 16.6 Å². The van der Waals surface area contributed by atoms with Crippen molar-refractivity contribution in [1.82, 2.24) is 0 Å². The van der Waals surface area contributed by atoms with Crippen LogP contribution in [-0.2, 0) is 0 Å². The van der Waals surface area contributed by atoms with Crippen LogP contribution in [0.5, 0.6) is 5.75 Å². The van der Waals surface area contributed by atoms with Gasteiger partial charge in [0.25, 0.3) is 0 Å². The molecule has 0 aliphatic carbocycles. The van der Waals surface area contributed by atoms with Crippen molar-refractivity contribution in [2.75, 3.05) is 5.73 Å². The van der Waals surface area contributed by atoms with E-state index >= 15 is 0 Å². The Morgan fingerprint density at radius 2 is 2.00 bits per heavy atom. The molecule has 0 atom stereocenters. The van der Waals surface area contributed by atoms with E-state index in [0.29, 0.717) is 5.69 Å². The van der Waals surface area contributed by atoms with Gasteiger partial charge in [-0.05, 0) is 6.07 Å². The minimum absolute atomic E-state index is 0. The molecule has 1 aromatic carbocycles. The topological polar surface area (TPSA) is 70.0 Å². The number of anilines is 1. The summed E-state index contributed by atoms with van der Waals surface area (Å²) in [4.78, 5) is 0. The molecule has 0 aliphatic heterocycles. The quantitative estimate of drug-likeness (QED) is 0.552. The monoisotopic (exact) mass is 350 g/mol. The summed E-state index contributed by atoms with van der Waals surface area (Å²) >= 11 is 0. The molecule has 0 saturated heterocycles. The zero-order valence-corrected chi connectivity index (χ0v) is 10.1. The van der Waals surface area contributed by atoms with Gasteiger partial charge in [-0.15, -0.1) is 5.69 Å². The van der Waals surface area contributed by atoms with Crippen LogP contribution in [0.4, 0.5) is 11.4 Å². The smallest absolute Gasteiger partial charge is 0.117 e. The van der Waals surface area contributed by atoms with E-state index < -0.39 is 0 Å². The summed E-state index contributed by atoms with van der Waals surface area (Å²) in [6.07, 6.45) is 0. The largest absolute Gasteiger partial charge is 0.697 e. The molecule has 0 aromatic heterocycles. The zero-order chi connectivity index (χ0) is 6.85. The number of benzene rings is 1. The van der Waals surface area contributed by atoms with Crippen LogP contribution in [0.25, 0.3) is 5.73 Å². The van der Waals surface area contributed by atoms with Crippen molar-refractivity contribution in [3.05, 3.63) is 23.9 Å². The van der Waals surface area contributed by atoms with Crippen molar-refractivity contribution in [2.24, 2.45) is 0 Å². The Balaban J connectivity index is 0.000000810. The van der Waals surface area contributed by atoms with E-state index in [-0.39, 0.29) is 55.5 Å². The van der Waals surface area contributed by atoms with Crippen LogP contribution < -0.4 is 5.73 Å². The second-order valence-corrected chi connectivity index (χ2v) is 1.77. The van der Waals surface area contributed by atoms with Gasteiger partial charge in [0.1, 0.15) is 5.75 Å². The third-order valence-electron chi connectivity index (χ3n) is 1.04. The summed E-state index contributed by atoms with van der Waals surface area (Å²) in [5, 5.41) is 8.77. The minimum atomic E-state index is 0. The van der Waals surface area contributed by atoms with E-state index in [4.69, 9.17) is 16.6 Å². The number of nitrogens with one attached hydrogen (secondary N) is 1. The maximum atomic E-state index is 8.77. The van der Waals surface area contributed by atoms with Gasteiger partial charge in [-0.2, -0.15) is 0 Å². The first-order valence-electron chi connectivity index (χ1n) is 2.50. The molecule has 0 aliphatic rings. The summed E-state index contributed by atoms with van der Waals surface area (Å²) < 4.78 is 0. The minimum Gasteiger partial charge on any atom is -0.697 e. The van der Waals surface area contributed by atoms with Gasteiger partial charge in [0.15, 0.2) is 0 Å². The standard InChI is InChI=1S/C6H7N2O.Ac/c7-5-2-1-4(9)3-6(5)8;/h1-3,7,9H,8H2;/q-1;. The van der Waals surface area contributed by atoms with Crippen molar-refractivity contribution in [3.8, 4) is 5.75 Å². The first kappa shape index (κ1) is 10.1. The first-order valence-corrected chi connectivity index (χ1v) is 2.50. The molecule has 3 nitrogen and oxygen atoms in total. The normalized spacial score (nSPS) is 8.40. The molecule has 10 heavy (non-hydrogen) atoms. The van der Waals surface area contributed by atoms with Crippen molar-refractivity contribution < 1.29 is 49.2 Å². The van der Waals surface area contributed by atoms with Crippen molar-refractivity contribution in [1.29, 1.82) is 0 Å². The summed E-state index contributed by atoms with van der Waals surface area (Å²) in [5.41, 5.74) is 12.9. The SMILES string of the molecule is [Ac].[NH-]c1ccc(O)cc1N. The Morgan fingerprint density at radius 3 is 2.40 bits per heavy atom. The van der Waals surface area contributed by atoms with Crippen LogP contribution in [0.3, 0.4) is 0 Å². The summed E-state index contributed by atoms with van der Waals surface area (Å²) in [7, 11) is 0. The van der Waals surface area contributed by atoms with E-state index in [1.165, 1.54) is 18.2 Å².